The maximum atomic E-state index is 13.0. The van der Waals surface area contributed by atoms with Crippen molar-refractivity contribution in [2.45, 2.75) is 63.0 Å². The van der Waals surface area contributed by atoms with Crippen LogP contribution in [0.4, 0.5) is 23.7 Å². The molecule has 0 unspecified atom stereocenters. The van der Waals surface area contributed by atoms with Gasteiger partial charge in [-0.25, -0.2) is 9.78 Å². The number of alkyl halides is 3. The molecule has 3 heterocycles. The van der Waals surface area contributed by atoms with Gasteiger partial charge in [0, 0.05) is 42.6 Å². The standard InChI is InChI=1S/C26H27ClF3N3O4/c27-16-3-7-22-19(12-16)20(34)13-23(37-22)21(35)11-15-1-4-17(5-2-15)32-9-10-33(25(32)36)18-6-8-24(31-14-18)26(28,29)30/h3,6-8,12,14-15,17,20,23,34H,1-2,4-5,9-11,13H2/t15?,17?,20-,23+/m1/s1. The number of hydrogen-bond acceptors (Lipinski definition) is 5. The molecule has 2 aliphatic heterocycles. The third-order valence-electron chi connectivity index (χ3n) is 7.53. The lowest BCUT2D eigenvalue weighted by atomic mass is 9.81. The molecule has 2 aromatic rings. The molecule has 7 nitrogen and oxygen atoms in total. The summed E-state index contributed by atoms with van der Waals surface area (Å²) in [7, 11) is 0. The van der Waals surface area contributed by atoms with Crippen molar-refractivity contribution in [2.24, 2.45) is 5.92 Å². The van der Waals surface area contributed by atoms with Crippen molar-refractivity contribution in [1.29, 1.82) is 0 Å². The number of carbonyl (C=O) groups excluding carboxylic acids is 2. The summed E-state index contributed by atoms with van der Waals surface area (Å²) >= 11 is 6.00. The van der Waals surface area contributed by atoms with Gasteiger partial charge in [-0.15, -0.1) is 0 Å². The third kappa shape index (κ3) is 5.40. The fourth-order valence-electron chi connectivity index (χ4n) is 5.54. The Hall–Kier alpha value is -2.85. The van der Waals surface area contributed by atoms with Crippen LogP contribution in [0.2, 0.25) is 5.02 Å². The van der Waals surface area contributed by atoms with Crippen LogP contribution in [0.25, 0.3) is 0 Å². The summed E-state index contributed by atoms with van der Waals surface area (Å²) in [6, 6.07) is 6.93. The topological polar surface area (TPSA) is 83.0 Å². The number of nitrogens with zero attached hydrogens (tertiary/aromatic N) is 3. The normalized spacial score (nSPS) is 26.1. The summed E-state index contributed by atoms with van der Waals surface area (Å²) in [6.45, 7) is 0.879. The first-order valence-electron chi connectivity index (χ1n) is 12.4. The van der Waals surface area contributed by atoms with E-state index >= 15 is 0 Å². The molecule has 37 heavy (non-hydrogen) atoms. The summed E-state index contributed by atoms with van der Waals surface area (Å²) in [5.74, 6) is 0.607. The van der Waals surface area contributed by atoms with Crippen molar-refractivity contribution in [3.8, 4) is 5.75 Å². The number of fused-ring (bicyclic) bond motifs is 1. The van der Waals surface area contributed by atoms with E-state index in [1.165, 1.54) is 11.0 Å². The van der Waals surface area contributed by atoms with Crippen LogP contribution in [0.5, 0.6) is 5.75 Å². The second kappa shape index (κ2) is 10.1. The average molecular weight is 538 g/mol. The zero-order valence-electron chi connectivity index (χ0n) is 20.0. The average Bonchev–Trinajstić information content (AvgIpc) is 3.25. The van der Waals surface area contributed by atoms with Crippen LogP contribution in [0, 0.1) is 5.92 Å². The third-order valence-corrected chi connectivity index (χ3v) is 7.77. The molecule has 0 bridgehead atoms. The quantitative estimate of drug-likeness (QED) is 0.552. The molecule has 1 aliphatic carbocycles. The Morgan fingerprint density at radius 3 is 2.57 bits per heavy atom. The number of benzene rings is 1. The summed E-state index contributed by atoms with van der Waals surface area (Å²) in [5, 5.41) is 11.0. The molecule has 0 spiro atoms. The smallest absolute Gasteiger partial charge is 0.433 e. The molecule has 2 atom stereocenters. The first kappa shape index (κ1) is 25.8. The monoisotopic (exact) mass is 537 g/mol. The lowest BCUT2D eigenvalue weighted by Crippen LogP contribution is -2.42. The number of ether oxygens (including phenoxy) is 1. The summed E-state index contributed by atoms with van der Waals surface area (Å²) in [5.41, 5.74) is -0.0545. The molecule has 198 valence electrons. The van der Waals surface area contributed by atoms with Crippen molar-refractivity contribution in [2.75, 3.05) is 18.0 Å². The lowest BCUT2D eigenvalue weighted by Gasteiger charge is -2.35. The van der Waals surface area contributed by atoms with Gasteiger partial charge in [-0.1, -0.05) is 11.6 Å². The number of ketones is 1. The van der Waals surface area contributed by atoms with Crippen LogP contribution in [-0.4, -0.2) is 52.0 Å². The van der Waals surface area contributed by atoms with Gasteiger partial charge in [0.15, 0.2) is 11.9 Å². The molecule has 2 amide bonds. The Balaban J connectivity index is 1.13. The molecule has 11 heteroatoms. The summed E-state index contributed by atoms with van der Waals surface area (Å²) < 4.78 is 44.2. The van der Waals surface area contributed by atoms with Gasteiger partial charge in [-0.05, 0) is 61.9 Å². The predicted octanol–water partition coefficient (Wildman–Crippen LogP) is 5.40. The van der Waals surface area contributed by atoms with Crippen molar-refractivity contribution < 1.29 is 32.6 Å². The van der Waals surface area contributed by atoms with E-state index in [9.17, 15) is 27.9 Å². The van der Waals surface area contributed by atoms with Crippen molar-refractivity contribution in [3.63, 3.8) is 0 Å². The predicted molar refractivity (Wildman–Crippen MR) is 130 cm³/mol. The SMILES string of the molecule is O=C(CC1CCC(N2CCN(c3ccc(C(F)(F)F)nc3)C2=O)CC1)[C@@H]1C[C@@H](O)c2cc(Cl)ccc2O1. The summed E-state index contributed by atoms with van der Waals surface area (Å²) in [4.78, 5) is 32.7. The van der Waals surface area contributed by atoms with Crippen LogP contribution in [-0.2, 0) is 11.0 Å². The zero-order valence-corrected chi connectivity index (χ0v) is 20.7. The number of amides is 2. The molecule has 1 aromatic heterocycles. The van der Waals surface area contributed by atoms with E-state index in [2.05, 4.69) is 4.98 Å². The van der Waals surface area contributed by atoms with Crippen molar-refractivity contribution in [3.05, 3.63) is 52.8 Å². The van der Waals surface area contributed by atoms with Gasteiger partial charge in [0.1, 0.15) is 11.4 Å². The number of urea groups is 1. The number of aliphatic hydroxyl groups is 1. The van der Waals surface area contributed by atoms with Gasteiger partial charge in [0.25, 0.3) is 0 Å². The van der Waals surface area contributed by atoms with Gasteiger partial charge in [0.2, 0.25) is 0 Å². The first-order chi connectivity index (χ1) is 17.6. The number of pyridine rings is 1. The molecule has 1 saturated carbocycles. The maximum absolute atomic E-state index is 13.0. The second-order valence-corrected chi connectivity index (χ2v) is 10.3. The Morgan fingerprint density at radius 2 is 1.89 bits per heavy atom. The highest BCUT2D eigenvalue weighted by Crippen LogP contribution is 2.38. The molecular formula is C26H27ClF3N3O4. The van der Waals surface area contributed by atoms with Crippen LogP contribution < -0.4 is 9.64 Å². The number of carbonyl (C=O) groups is 2. The fourth-order valence-corrected chi connectivity index (χ4v) is 5.72. The Bertz CT molecular complexity index is 1170. The molecule has 1 saturated heterocycles. The van der Waals surface area contributed by atoms with E-state index in [-0.39, 0.29) is 30.2 Å². The minimum atomic E-state index is -4.53. The van der Waals surface area contributed by atoms with E-state index in [1.807, 2.05) is 0 Å². The van der Waals surface area contributed by atoms with Gasteiger partial charge in [0.05, 0.1) is 18.0 Å². The van der Waals surface area contributed by atoms with Gasteiger partial charge < -0.3 is 14.7 Å². The van der Waals surface area contributed by atoms with E-state index in [1.54, 1.807) is 23.1 Å². The minimum Gasteiger partial charge on any atom is -0.482 e. The molecular weight excluding hydrogens is 511 g/mol. The number of rotatable bonds is 5. The second-order valence-electron chi connectivity index (χ2n) is 9.91. The van der Waals surface area contributed by atoms with Crippen LogP contribution in [0.3, 0.4) is 0 Å². The van der Waals surface area contributed by atoms with Crippen LogP contribution in [0.1, 0.15) is 55.9 Å². The van der Waals surface area contributed by atoms with Crippen LogP contribution in [0.15, 0.2) is 36.5 Å². The van der Waals surface area contributed by atoms with Crippen molar-refractivity contribution >= 4 is 29.1 Å². The maximum Gasteiger partial charge on any atom is 0.433 e. The van der Waals surface area contributed by atoms with E-state index < -0.39 is 24.1 Å². The molecule has 5 rings (SSSR count). The Labute approximate surface area is 217 Å². The van der Waals surface area contributed by atoms with Crippen LogP contribution >= 0.6 is 11.6 Å². The molecule has 2 fully saturated rings. The molecule has 1 aromatic carbocycles. The minimum absolute atomic E-state index is 0.0237. The lowest BCUT2D eigenvalue weighted by molar-refractivity contribution is -0.141. The number of aromatic nitrogens is 1. The zero-order chi connectivity index (χ0) is 26.3. The van der Waals surface area contributed by atoms with Gasteiger partial charge >= 0.3 is 12.2 Å². The highest BCUT2D eigenvalue weighted by molar-refractivity contribution is 6.30. The number of aliphatic hydroxyl groups excluding tert-OH is 1. The van der Waals surface area contributed by atoms with Crippen molar-refractivity contribution in [1.82, 2.24) is 9.88 Å². The Morgan fingerprint density at radius 1 is 1.14 bits per heavy atom. The molecule has 3 aliphatic rings. The largest absolute Gasteiger partial charge is 0.482 e. The number of halogens is 4. The first-order valence-corrected chi connectivity index (χ1v) is 12.8. The number of anilines is 1. The van der Waals surface area contributed by atoms with E-state index in [0.717, 1.165) is 37.9 Å². The number of hydrogen-bond donors (Lipinski definition) is 1. The molecule has 1 N–H and O–H groups in total. The molecule has 0 radical (unpaired) electrons. The van der Waals surface area contributed by atoms with Gasteiger partial charge in [-0.2, -0.15) is 13.2 Å². The summed E-state index contributed by atoms with van der Waals surface area (Å²) in [6.07, 6.45) is -1.35. The van der Waals surface area contributed by atoms with Gasteiger partial charge in [-0.3, -0.25) is 9.69 Å². The van der Waals surface area contributed by atoms with E-state index in [4.69, 9.17) is 16.3 Å². The van der Waals surface area contributed by atoms with E-state index in [0.29, 0.717) is 41.5 Å². The highest BCUT2D eigenvalue weighted by Gasteiger charge is 2.39. The number of Topliss-reactive ketones (excluding diaryl/α,β-unsaturated/α-hetero) is 1. The fraction of sp³-hybridized carbons (Fsp3) is 0.500. The highest BCUT2D eigenvalue weighted by atomic mass is 35.5. The Kier molecular flexibility index (Phi) is 7.06.